The Morgan fingerprint density at radius 3 is 2.29 bits per heavy atom. The highest BCUT2D eigenvalue weighted by molar-refractivity contribution is 5.84. The molecule has 4 nitrogen and oxygen atoms in total. The van der Waals surface area contributed by atoms with Crippen LogP contribution in [0.5, 0.6) is 0 Å². The van der Waals surface area contributed by atoms with Crippen LogP contribution in [0.3, 0.4) is 0 Å². The SMILES string of the molecule is CCCC[C@H](NC(=O)C(C)C)C(=O)O. The number of carbonyl (C=O) groups excluding carboxylic acids is 1. The largest absolute Gasteiger partial charge is 0.480 e. The molecule has 0 aliphatic carbocycles. The van der Waals surface area contributed by atoms with Gasteiger partial charge in [0, 0.05) is 5.92 Å². The highest BCUT2D eigenvalue weighted by Crippen LogP contribution is 2.02. The Kier molecular flexibility index (Phi) is 5.92. The van der Waals surface area contributed by atoms with Crippen LogP contribution in [0.25, 0.3) is 0 Å². The lowest BCUT2D eigenvalue weighted by atomic mass is 10.1. The van der Waals surface area contributed by atoms with Crippen LogP contribution in [0.2, 0.25) is 0 Å². The first kappa shape index (κ1) is 12.9. The topological polar surface area (TPSA) is 66.4 Å². The molecule has 1 amide bonds. The maximum Gasteiger partial charge on any atom is 0.326 e. The van der Waals surface area contributed by atoms with E-state index in [0.29, 0.717) is 6.42 Å². The van der Waals surface area contributed by atoms with Gasteiger partial charge < -0.3 is 10.4 Å². The lowest BCUT2D eigenvalue weighted by Crippen LogP contribution is -2.42. The first-order valence-electron chi connectivity index (χ1n) is 5.02. The van der Waals surface area contributed by atoms with E-state index in [1.807, 2.05) is 6.92 Å². The molecule has 0 fully saturated rings. The summed E-state index contributed by atoms with van der Waals surface area (Å²) in [5.41, 5.74) is 0. The van der Waals surface area contributed by atoms with E-state index in [-0.39, 0.29) is 11.8 Å². The van der Waals surface area contributed by atoms with Crippen molar-refractivity contribution in [2.75, 3.05) is 0 Å². The van der Waals surface area contributed by atoms with Crippen molar-refractivity contribution in [2.24, 2.45) is 5.92 Å². The molecule has 0 unspecified atom stereocenters. The molecule has 0 heterocycles. The average molecular weight is 201 g/mol. The normalized spacial score (nSPS) is 12.6. The van der Waals surface area contributed by atoms with Gasteiger partial charge in [-0.05, 0) is 6.42 Å². The molecule has 82 valence electrons. The maximum atomic E-state index is 11.2. The second-order valence-electron chi connectivity index (χ2n) is 3.70. The molecular weight excluding hydrogens is 182 g/mol. The Labute approximate surface area is 84.7 Å². The van der Waals surface area contributed by atoms with Crippen LogP contribution >= 0.6 is 0 Å². The highest BCUT2D eigenvalue weighted by Gasteiger charge is 2.20. The molecule has 0 aromatic rings. The number of nitrogens with one attached hydrogen (secondary N) is 1. The molecule has 0 radical (unpaired) electrons. The van der Waals surface area contributed by atoms with Gasteiger partial charge >= 0.3 is 5.97 Å². The summed E-state index contributed by atoms with van der Waals surface area (Å²) >= 11 is 0. The average Bonchev–Trinajstić information content (AvgIpc) is 2.10. The Balaban J connectivity index is 4.09. The van der Waals surface area contributed by atoms with Crippen molar-refractivity contribution >= 4 is 11.9 Å². The number of carboxylic acid groups (broad SMARTS) is 1. The summed E-state index contributed by atoms with van der Waals surface area (Å²) in [6.45, 7) is 5.48. The smallest absolute Gasteiger partial charge is 0.326 e. The zero-order valence-electron chi connectivity index (χ0n) is 9.04. The fourth-order valence-corrected chi connectivity index (χ4v) is 1.00. The number of hydrogen-bond donors (Lipinski definition) is 2. The van der Waals surface area contributed by atoms with Crippen LogP contribution in [-0.4, -0.2) is 23.0 Å². The lowest BCUT2D eigenvalue weighted by Gasteiger charge is -2.15. The van der Waals surface area contributed by atoms with Crippen molar-refractivity contribution in [1.82, 2.24) is 5.32 Å². The number of hydrogen-bond acceptors (Lipinski definition) is 2. The lowest BCUT2D eigenvalue weighted by molar-refractivity contribution is -0.142. The predicted molar refractivity (Wildman–Crippen MR) is 53.9 cm³/mol. The molecule has 0 aromatic heterocycles. The van der Waals surface area contributed by atoms with Gasteiger partial charge in [-0.15, -0.1) is 0 Å². The number of unbranched alkanes of at least 4 members (excludes halogenated alkanes) is 1. The summed E-state index contributed by atoms with van der Waals surface area (Å²) < 4.78 is 0. The number of carboxylic acids is 1. The van der Waals surface area contributed by atoms with Gasteiger partial charge in [0.15, 0.2) is 0 Å². The molecular formula is C10H19NO3. The van der Waals surface area contributed by atoms with E-state index in [0.717, 1.165) is 12.8 Å². The van der Waals surface area contributed by atoms with Crippen LogP contribution in [0.4, 0.5) is 0 Å². The minimum Gasteiger partial charge on any atom is -0.480 e. The monoisotopic (exact) mass is 201 g/mol. The summed E-state index contributed by atoms with van der Waals surface area (Å²) in [6, 6.07) is -0.732. The van der Waals surface area contributed by atoms with E-state index >= 15 is 0 Å². The van der Waals surface area contributed by atoms with Gasteiger partial charge in [0.1, 0.15) is 6.04 Å². The van der Waals surface area contributed by atoms with Crippen molar-refractivity contribution in [3.8, 4) is 0 Å². The summed E-state index contributed by atoms with van der Waals surface area (Å²) in [7, 11) is 0. The number of amides is 1. The minimum atomic E-state index is -0.951. The van der Waals surface area contributed by atoms with E-state index in [4.69, 9.17) is 5.11 Å². The molecule has 0 spiro atoms. The molecule has 1 atom stereocenters. The molecule has 0 rings (SSSR count). The standard InChI is InChI=1S/C10H19NO3/c1-4-5-6-8(10(13)14)11-9(12)7(2)3/h7-8H,4-6H2,1-3H3,(H,11,12)(H,13,14)/t8-/m0/s1. The van der Waals surface area contributed by atoms with Gasteiger partial charge in [0.2, 0.25) is 5.91 Å². The van der Waals surface area contributed by atoms with Crippen molar-refractivity contribution in [2.45, 2.75) is 46.1 Å². The van der Waals surface area contributed by atoms with Crippen molar-refractivity contribution in [3.05, 3.63) is 0 Å². The van der Waals surface area contributed by atoms with E-state index < -0.39 is 12.0 Å². The third-order valence-corrected chi connectivity index (χ3v) is 1.99. The highest BCUT2D eigenvalue weighted by atomic mass is 16.4. The molecule has 0 aliphatic heterocycles. The second kappa shape index (κ2) is 6.40. The van der Waals surface area contributed by atoms with Gasteiger partial charge in [-0.3, -0.25) is 4.79 Å². The summed E-state index contributed by atoms with van der Waals surface area (Å²) in [4.78, 5) is 22.0. The first-order chi connectivity index (χ1) is 6.49. The van der Waals surface area contributed by atoms with Crippen molar-refractivity contribution in [1.29, 1.82) is 0 Å². The maximum absolute atomic E-state index is 11.2. The zero-order chi connectivity index (χ0) is 11.1. The third-order valence-electron chi connectivity index (χ3n) is 1.99. The number of aliphatic carboxylic acids is 1. The Bertz CT molecular complexity index is 202. The van der Waals surface area contributed by atoms with Crippen molar-refractivity contribution in [3.63, 3.8) is 0 Å². The second-order valence-corrected chi connectivity index (χ2v) is 3.70. The van der Waals surface area contributed by atoms with E-state index in [1.54, 1.807) is 13.8 Å². The van der Waals surface area contributed by atoms with Crippen molar-refractivity contribution < 1.29 is 14.7 Å². The van der Waals surface area contributed by atoms with Gasteiger partial charge in [-0.1, -0.05) is 33.6 Å². The Hall–Kier alpha value is -1.06. The first-order valence-corrected chi connectivity index (χ1v) is 5.02. The van der Waals surface area contributed by atoms with Crippen LogP contribution in [-0.2, 0) is 9.59 Å². The molecule has 0 bridgehead atoms. The van der Waals surface area contributed by atoms with E-state index in [1.165, 1.54) is 0 Å². The summed E-state index contributed by atoms with van der Waals surface area (Å²) in [5, 5.41) is 11.3. The van der Waals surface area contributed by atoms with Crippen LogP contribution in [0, 0.1) is 5.92 Å². The molecule has 0 saturated carbocycles. The molecule has 2 N–H and O–H groups in total. The molecule has 0 aromatic carbocycles. The molecule has 0 saturated heterocycles. The quantitative estimate of drug-likeness (QED) is 0.682. The van der Waals surface area contributed by atoms with Crippen LogP contribution in [0.15, 0.2) is 0 Å². The van der Waals surface area contributed by atoms with Gasteiger partial charge in [0.05, 0.1) is 0 Å². The fraction of sp³-hybridized carbons (Fsp3) is 0.800. The number of rotatable bonds is 6. The van der Waals surface area contributed by atoms with E-state index in [2.05, 4.69) is 5.32 Å². The molecule has 14 heavy (non-hydrogen) atoms. The summed E-state index contributed by atoms with van der Waals surface area (Å²) in [5.74, 6) is -1.32. The fourth-order valence-electron chi connectivity index (χ4n) is 1.00. The van der Waals surface area contributed by atoms with E-state index in [9.17, 15) is 9.59 Å². The zero-order valence-corrected chi connectivity index (χ0v) is 9.04. The summed E-state index contributed by atoms with van der Waals surface area (Å²) in [6.07, 6.45) is 2.25. The Morgan fingerprint density at radius 2 is 1.93 bits per heavy atom. The van der Waals surface area contributed by atoms with Gasteiger partial charge in [0.25, 0.3) is 0 Å². The van der Waals surface area contributed by atoms with Gasteiger partial charge in [-0.2, -0.15) is 0 Å². The molecule has 4 heteroatoms. The number of carbonyl (C=O) groups is 2. The Morgan fingerprint density at radius 1 is 1.36 bits per heavy atom. The third kappa shape index (κ3) is 4.84. The van der Waals surface area contributed by atoms with Crippen LogP contribution in [0.1, 0.15) is 40.0 Å². The van der Waals surface area contributed by atoms with Gasteiger partial charge in [-0.25, -0.2) is 4.79 Å². The van der Waals surface area contributed by atoms with Crippen LogP contribution < -0.4 is 5.32 Å². The molecule has 0 aliphatic rings. The predicted octanol–water partition coefficient (Wildman–Crippen LogP) is 1.40. The minimum absolute atomic E-state index is 0.168.